The highest BCUT2D eigenvalue weighted by atomic mass is 32.2. The number of aromatic carboxylic acids is 1. The van der Waals surface area contributed by atoms with Gasteiger partial charge in [0.25, 0.3) is 10.0 Å². The summed E-state index contributed by atoms with van der Waals surface area (Å²) in [6.07, 6.45) is 0. The molecule has 0 aliphatic rings. The van der Waals surface area contributed by atoms with Crippen LogP contribution in [0, 0.1) is 0 Å². The van der Waals surface area contributed by atoms with Crippen molar-refractivity contribution in [2.24, 2.45) is 0 Å². The second-order valence-corrected chi connectivity index (χ2v) is 5.64. The van der Waals surface area contributed by atoms with Crippen molar-refractivity contribution in [3.05, 3.63) is 54.1 Å². The largest absolute Gasteiger partial charge is 0.507 e. The van der Waals surface area contributed by atoms with Crippen LogP contribution >= 0.6 is 0 Å². The van der Waals surface area contributed by atoms with E-state index in [4.69, 9.17) is 5.11 Å². The van der Waals surface area contributed by atoms with Gasteiger partial charge in [-0.25, -0.2) is 13.2 Å². The number of anilines is 1. The molecule has 0 aromatic heterocycles. The monoisotopic (exact) mass is 293 g/mol. The number of phenols is 1. The Kier molecular flexibility index (Phi) is 3.62. The maximum atomic E-state index is 12.1. The summed E-state index contributed by atoms with van der Waals surface area (Å²) in [5.41, 5.74) is -0.113. The van der Waals surface area contributed by atoms with Crippen molar-refractivity contribution in [2.75, 3.05) is 4.72 Å². The molecule has 104 valence electrons. The van der Waals surface area contributed by atoms with E-state index in [-0.39, 0.29) is 4.90 Å². The summed E-state index contributed by atoms with van der Waals surface area (Å²) in [5.74, 6) is -1.89. The second-order valence-electron chi connectivity index (χ2n) is 3.96. The van der Waals surface area contributed by atoms with Gasteiger partial charge in [0, 0.05) is 5.69 Å². The number of rotatable bonds is 4. The molecule has 0 aliphatic carbocycles. The Morgan fingerprint density at radius 3 is 2.30 bits per heavy atom. The Bertz CT molecular complexity index is 741. The van der Waals surface area contributed by atoms with Crippen LogP contribution in [-0.4, -0.2) is 24.6 Å². The average molecular weight is 293 g/mol. The smallest absolute Gasteiger partial charge is 0.339 e. The number of carboxylic acids is 1. The maximum Gasteiger partial charge on any atom is 0.339 e. The topological polar surface area (TPSA) is 104 Å². The van der Waals surface area contributed by atoms with Crippen molar-refractivity contribution in [1.29, 1.82) is 0 Å². The van der Waals surface area contributed by atoms with E-state index < -0.39 is 27.3 Å². The molecule has 0 fully saturated rings. The molecule has 2 aromatic rings. The van der Waals surface area contributed by atoms with Crippen molar-refractivity contribution in [2.45, 2.75) is 4.90 Å². The highest BCUT2D eigenvalue weighted by Gasteiger charge is 2.18. The van der Waals surface area contributed by atoms with E-state index in [2.05, 4.69) is 4.72 Å². The van der Waals surface area contributed by atoms with Crippen molar-refractivity contribution < 1.29 is 23.4 Å². The molecule has 0 amide bonds. The minimum absolute atomic E-state index is 0.239. The first-order valence-electron chi connectivity index (χ1n) is 5.54. The third-order valence-corrected chi connectivity index (χ3v) is 3.91. The van der Waals surface area contributed by atoms with E-state index in [1.165, 1.54) is 0 Å². The number of hydrogen-bond donors (Lipinski definition) is 3. The molecule has 0 heterocycles. The van der Waals surface area contributed by atoms with Gasteiger partial charge < -0.3 is 10.2 Å². The van der Waals surface area contributed by atoms with E-state index in [1.54, 1.807) is 30.3 Å². The minimum Gasteiger partial charge on any atom is -0.507 e. The molecule has 2 aromatic carbocycles. The number of benzene rings is 2. The predicted molar refractivity (Wildman–Crippen MR) is 72.3 cm³/mol. The molecule has 0 aliphatic heterocycles. The fourth-order valence-electron chi connectivity index (χ4n) is 1.57. The number of aromatic hydroxyl groups is 1. The van der Waals surface area contributed by atoms with Crippen LogP contribution in [0.25, 0.3) is 0 Å². The molecule has 0 atom stereocenters. The summed E-state index contributed by atoms with van der Waals surface area (Å²) < 4.78 is 26.5. The van der Waals surface area contributed by atoms with Crippen LogP contribution in [0.4, 0.5) is 5.69 Å². The summed E-state index contributed by atoms with van der Waals surface area (Å²) in [6.45, 7) is 0. The van der Waals surface area contributed by atoms with Crippen LogP contribution in [0.2, 0.25) is 0 Å². The average Bonchev–Trinajstić information content (AvgIpc) is 2.39. The summed E-state index contributed by atoms with van der Waals surface area (Å²) >= 11 is 0. The second kappa shape index (κ2) is 5.22. The fraction of sp³-hybridized carbons (Fsp3) is 0. The van der Waals surface area contributed by atoms with Gasteiger partial charge >= 0.3 is 5.97 Å². The van der Waals surface area contributed by atoms with Gasteiger partial charge in [-0.05, 0) is 30.3 Å². The number of nitrogens with one attached hydrogen (secondary N) is 1. The van der Waals surface area contributed by atoms with Gasteiger partial charge in [0.2, 0.25) is 0 Å². The van der Waals surface area contributed by atoms with Gasteiger partial charge in [-0.2, -0.15) is 0 Å². The Morgan fingerprint density at radius 1 is 1.05 bits per heavy atom. The fourth-order valence-corrected chi connectivity index (χ4v) is 2.66. The van der Waals surface area contributed by atoms with Gasteiger partial charge in [0.1, 0.15) is 11.3 Å². The lowest BCUT2D eigenvalue weighted by atomic mass is 10.2. The number of carbonyl (C=O) groups is 1. The molecular weight excluding hydrogens is 282 g/mol. The minimum atomic E-state index is -3.91. The van der Waals surface area contributed by atoms with Crippen LogP contribution in [0.15, 0.2) is 53.4 Å². The van der Waals surface area contributed by atoms with E-state index in [0.29, 0.717) is 5.69 Å². The van der Waals surface area contributed by atoms with E-state index in [9.17, 15) is 18.3 Å². The first-order chi connectivity index (χ1) is 9.40. The maximum absolute atomic E-state index is 12.1. The molecule has 3 N–H and O–H groups in total. The molecule has 2 rings (SSSR count). The lowest BCUT2D eigenvalue weighted by Crippen LogP contribution is -2.13. The number of sulfonamides is 1. The Morgan fingerprint density at radius 2 is 1.70 bits per heavy atom. The molecular formula is C13H11NO5S. The number of para-hydroxylation sites is 1. The lowest BCUT2D eigenvalue weighted by molar-refractivity contribution is 0.0693. The standard InChI is InChI=1S/C13H11NO5S/c15-12-7-6-10(8-11(12)13(16)17)20(18,19)14-9-4-2-1-3-5-9/h1-8,14-15H,(H,16,17). The van der Waals surface area contributed by atoms with Crippen molar-refractivity contribution in [1.82, 2.24) is 0 Å². The summed E-state index contributed by atoms with van der Waals surface area (Å²) in [4.78, 5) is 10.6. The Balaban J connectivity index is 2.40. The number of carboxylic acid groups (broad SMARTS) is 1. The number of hydrogen-bond acceptors (Lipinski definition) is 4. The molecule has 20 heavy (non-hydrogen) atoms. The molecule has 0 saturated heterocycles. The van der Waals surface area contributed by atoms with Crippen molar-refractivity contribution >= 4 is 21.7 Å². The summed E-state index contributed by atoms with van der Waals surface area (Å²) in [7, 11) is -3.91. The molecule has 0 bridgehead atoms. The zero-order valence-corrected chi connectivity index (χ0v) is 11.0. The van der Waals surface area contributed by atoms with Crippen LogP contribution in [0.1, 0.15) is 10.4 Å². The molecule has 0 radical (unpaired) electrons. The summed E-state index contributed by atoms with van der Waals surface area (Å²) in [5, 5.41) is 18.2. The zero-order chi connectivity index (χ0) is 14.8. The highest BCUT2D eigenvalue weighted by molar-refractivity contribution is 7.92. The van der Waals surface area contributed by atoms with Gasteiger partial charge in [-0.3, -0.25) is 4.72 Å². The lowest BCUT2D eigenvalue weighted by Gasteiger charge is -2.09. The van der Waals surface area contributed by atoms with Crippen molar-refractivity contribution in [3.8, 4) is 5.75 Å². The van der Waals surface area contributed by atoms with Crippen LogP contribution in [0.5, 0.6) is 5.75 Å². The third kappa shape index (κ3) is 2.89. The quantitative estimate of drug-likeness (QED) is 0.798. The van der Waals surface area contributed by atoms with E-state index in [1.807, 2.05) is 0 Å². The SMILES string of the molecule is O=C(O)c1cc(S(=O)(=O)Nc2ccccc2)ccc1O. The van der Waals surface area contributed by atoms with Crippen LogP contribution in [-0.2, 0) is 10.0 Å². The molecule has 0 unspecified atom stereocenters. The normalized spacial score (nSPS) is 11.0. The molecule has 0 saturated carbocycles. The first-order valence-corrected chi connectivity index (χ1v) is 7.02. The van der Waals surface area contributed by atoms with Gasteiger partial charge in [-0.1, -0.05) is 18.2 Å². The van der Waals surface area contributed by atoms with E-state index >= 15 is 0 Å². The molecule has 6 nitrogen and oxygen atoms in total. The first kappa shape index (κ1) is 13.9. The Labute approximate surface area is 115 Å². The Hall–Kier alpha value is -2.54. The predicted octanol–water partition coefficient (Wildman–Crippen LogP) is 1.89. The van der Waals surface area contributed by atoms with Crippen LogP contribution < -0.4 is 4.72 Å². The van der Waals surface area contributed by atoms with Gasteiger partial charge in [0.05, 0.1) is 4.90 Å². The third-order valence-electron chi connectivity index (χ3n) is 2.53. The van der Waals surface area contributed by atoms with Crippen LogP contribution in [0.3, 0.4) is 0 Å². The highest BCUT2D eigenvalue weighted by Crippen LogP contribution is 2.23. The van der Waals surface area contributed by atoms with Crippen molar-refractivity contribution in [3.63, 3.8) is 0 Å². The van der Waals surface area contributed by atoms with Gasteiger partial charge in [-0.15, -0.1) is 0 Å². The van der Waals surface area contributed by atoms with E-state index in [0.717, 1.165) is 18.2 Å². The summed E-state index contributed by atoms with van der Waals surface area (Å²) in [6, 6.07) is 11.3. The van der Waals surface area contributed by atoms with Gasteiger partial charge in [0.15, 0.2) is 0 Å². The molecule has 7 heteroatoms. The zero-order valence-electron chi connectivity index (χ0n) is 10.1. The molecule has 0 spiro atoms.